The average molecular weight is 232 g/mol. The number of aromatic nitrogens is 2. The van der Waals surface area contributed by atoms with E-state index in [0.717, 1.165) is 18.3 Å². The van der Waals surface area contributed by atoms with Crippen LogP contribution in [0.4, 0.5) is 0 Å². The maximum absolute atomic E-state index is 4.12. The molecule has 0 spiro atoms. The molecule has 1 N–H and O–H groups in total. The highest BCUT2D eigenvalue weighted by Crippen LogP contribution is 2.27. The standard InChI is InChI=1S/C13H20N4/c1-2-8-17-9-6-12(13(17)5-1)14-10-11-4-3-7-15-16-11/h3-4,7,12-14H,1-2,5-6,8-10H2. The lowest BCUT2D eigenvalue weighted by molar-refractivity contribution is 0.180. The molecule has 92 valence electrons. The zero-order chi connectivity index (χ0) is 11.5. The van der Waals surface area contributed by atoms with E-state index < -0.39 is 0 Å². The van der Waals surface area contributed by atoms with Crippen molar-refractivity contribution < 1.29 is 0 Å². The van der Waals surface area contributed by atoms with Crippen LogP contribution >= 0.6 is 0 Å². The van der Waals surface area contributed by atoms with Crippen molar-refractivity contribution in [3.05, 3.63) is 24.0 Å². The van der Waals surface area contributed by atoms with Crippen LogP contribution in [0, 0.1) is 0 Å². The van der Waals surface area contributed by atoms with Gasteiger partial charge in [-0.05, 0) is 37.9 Å². The summed E-state index contributed by atoms with van der Waals surface area (Å²) in [6.07, 6.45) is 7.14. The summed E-state index contributed by atoms with van der Waals surface area (Å²) < 4.78 is 0. The summed E-state index contributed by atoms with van der Waals surface area (Å²) >= 11 is 0. The maximum atomic E-state index is 4.12. The van der Waals surface area contributed by atoms with Crippen molar-refractivity contribution in [1.82, 2.24) is 20.4 Å². The van der Waals surface area contributed by atoms with E-state index in [-0.39, 0.29) is 0 Å². The molecule has 0 bridgehead atoms. The third-order valence-corrected chi connectivity index (χ3v) is 4.03. The van der Waals surface area contributed by atoms with E-state index in [9.17, 15) is 0 Å². The van der Waals surface area contributed by atoms with Crippen LogP contribution in [0.15, 0.2) is 18.3 Å². The second kappa shape index (κ2) is 5.10. The highest BCUT2D eigenvalue weighted by atomic mass is 15.2. The lowest BCUT2D eigenvalue weighted by Crippen LogP contribution is -2.44. The fourth-order valence-corrected chi connectivity index (χ4v) is 3.15. The molecule has 2 aliphatic rings. The Morgan fingerprint density at radius 1 is 1.29 bits per heavy atom. The Balaban J connectivity index is 1.55. The van der Waals surface area contributed by atoms with Gasteiger partial charge in [-0.1, -0.05) is 6.42 Å². The molecule has 0 aromatic carbocycles. The van der Waals surface area contributed by atoms with Crippen molar-refractivity contribution in [2.24, 2.45) is 0 Å². The summed E-state index contributed by atoms with van der Waals surface area (Å²) in [7, 11) is 0. The molecule has 2 unspecified atom stereocenters. The summed E-state index contributed by atoms with van der Waals surface area (Å²) in [4.78, 5) is 2.65. The molecule has 3 heterocycles. The van der Waals surface area contributed by atoms with Crippen molar-refractivity contribution in [2.75, 3.05) is 13.1 Å². The minimum Gasteiger partial charge on any atom is -0.307 e. The molecule has 2 atom stereocenters. The van der Waals surface area contributed by atoms with Gasteiger partial charge in [-0.3, -0.25) is 4.90 Å². The molecular formula is C13H20N4. The van der Waals surface area contributed by atoms with Crippen molar-refractivity contribution in [1.29, 1.82) is 0 Å². The molecule has 0 radical (unpaired) electrons. The zero-order valence-corrected chi connectivity index (χ0v) is 10.2. The lowest BCUT2D eigenvalue weighted by atomic mass is 9.99. The van der Waals surface area contributed by atoms with Crippen LogP contribution in [0.1, 0.15) is 31.4 Å². The number of piperidine rings is 1. The van der Waals surface area contributed by atoms with Crippen LogP contribution in [-0.2, 0) is 6.54 Å². The topological polar surface area (TPSA) is 41.1 Å². The predicted molar refractivity (Wildman–Crippen MR) is 66.5 cm³/mol. The number of rotatable bonds is 3. The van der Waals surface area contributed by atoms with Crippen LogP contribution in [0.3, 0.4) is 0 Å². The first-order chi connectivity index (χ1) is 8.43. The van der Waals surface area contributed by atoms with Gasteiger partial charge >= 0.3 is 0 Å². The van der Waals surface area contributed by atoms with E-state index in [1.54, 1.807) is 6.20 Å². The Kier molecular flexibility index (Phi) is 3.34. The minimum absolute atomic E-state index is 0.650. The van der Waals surface area contributed by atoms with Gasteiger partial charge in [0.15, 0.2) is 0 Å². The van der Waals surface area contributed by atoms with E-state index in [0.29, 0.717) is 6.04 Å². The molecule has 1 aromatic heterocycles. The number of nitrogens with one attached hydrogen (secondary N) is 1. The van der Waals surface area contributed by atoms with Crippen molar-refractivity contribution >= 4 is 0 Å². The van der Waals surface area contributed by atoms with E-state index in [1.165, 1.54) is 38.8 Å². The van der Waals surface area contributed by atoms with Gasteiger partial charge in [0.25, 0.3) is 0 Å². The van der Waals surface area contributed by atoms with Gasteiger partial charge in [0.2, 0.25) is 0 Å². The summed E-state index contributed by atoms with van der Waals surface area (Å²) in [6.45, 7) is 3.42. The van der Waals surface area contributed by atoms with E-state index in [2.05, 4.69) is 20.4 Å². The second-order valence-corrected chi connectivity index (χ2v) is 5.09. The van der Waals surface area contributed by atoms with Gasteiger partial charge in [-0.2, -0.15) is 10.2 Å². The molecule has 0 aliphatic carbocycles. The molecule has 0 amide bonds. The van der Waals surface area contributed by atoms with Gasteiger partial charge < -0.3 is 5.32 Å². The predicted octanol–water partition coefficient (Wildman–Crippen LogP) is 1.19. The summed E-state index contributed by atoms with van der Waals surface area (Å²) in [6, 6.07) is 5.40. The molecule has 1 aromatic rings. The molecule has 0 saturated carbocycles. The third-order valence-electron chi connectivity index (χ3n) is 4.03. The SMILES string of the molecule is c1cnnc(CNC2CCN3CCCCC23)c1. The summed E-state index contributed by atoms with van der Waals surface area (Å²) in [5, 5.41) is 11.7. The molecule has 2 aliphatic heterocycles. The Bertz CT molecular complexity index is 354. The molecule has 17 heavy (non-hydrogen) atoms. The zero-order valence-electron chi connectivity index (χ0n) is 10.2. The Labute approximate surface area is 102 Å². The molecule has 4 nitrogen and oxygen atoms in total. The molecular weight excluding hydrogens is 212 g/mol. The van der Waals surface area contributed by atoms with Crippen LogP contribution in [0.25, 0.3) is 0 Å². The van der Waals surface area contributed by atoms with Gasteiger partial charge in [-0.25, -0.2) is 0 Å². The highest BCUT2D eigenvalue weighted by Gasteiger charge is 2.34. The number of hydrogen-bond donors (Lipinski definition) is 1. The Hall–Kier alpha value is -1.00. The van der Waals surface area contributed by atoms with Crippen LogP contribution in [0.5, 0.6) is 0 Å². The fourth-order valence-electron chi connectivity index (χ4n) is 3.15. The first kappa shape index (κ1) is 11.1. The Morgan fingerprint density at radius 3 is 3.18 bits per heavy atom. The summed E-state index contributed by atoms with van der Waals surface area (Å²) in [5.41, 5.74) is 1.04. The largest absolute Gasteiger partial charge is 0.307 e. The van der Waals surface area contributed by atoms with E-state index in [4.69, 9.17) is 0 Å². The minimum atomic E-state index is 0.650. The maximum Gasteiger partial charge on any atom is 0.0769 e. The molecule has 2 fully saturated rings. The normalized spacial score (nSPS) is 29.2. The van der Waals surface area contributed by atoms with Gasteiger partial charge in [-0.15, -0.1) is 0 Å². The smallest absolute Gasteiger partial charge is 0.0769 e. The second-order valence-electron chi connectivity index (χ2n) is 5.09. The lowest BCUT2D eigenvalue weighted by Gasteiger charge is -2.32. The first-order valence-corrected chi connectivity index (χ1v) is 6.67. The van der Waals surface area contributed by atoms with Crippen LogP contribution in [0.2, 0.25) is 0 Å². The van der Waals surface area contributed by atoms with Crippen molar-refractivity contribution in [3.63, 3.8) is 0 Å². The van der Waals surface area contributed by atoms with Crippen molar-refractivity contribution in [3.8, 4) is 0 Å². The first-order valence-electron chi connectivity index (χ1n) is 6.67. The van der Waals surface area contributed by atoms with Crippen molar-refractivity contribution in [2.45, 2.75) is 44.3 Å². The Morgan fingerprint density at radius 2 is 2.29 bits per heavy atom. The average Bonchev–Trinajstić information content (AvgIpc) is 2.81. The molecule has 3 rings (SSSR count). The highest BCUT2D eigenvalue weighted by molar-refractivity contribution is 5.01. The quantitative estimate of drug-likeness (QED) is 0.850. The van der Waals surface area contributed by atoms with Gasteiger partial charge in [0, 0.05) is 31.4 Å². The van der Waals surface area contributed by atoms with Gasteiger partial charge in [0.1, 0.15) is 0 Å². The van der Waals surface area contributed by atoms with Gasteiger partial charge in [0.05, 0.1) is 5.69 Å². The van der Waals surface area contributed by atoms with Crippen LogP contribution in [-0.4, -0.2) is 40.3 Å². The molecule has 4 heteroatoms. The number of hydrogen-bond acceptors (Lipinski definition) is 4. The van der Waals surface area contributed by atoms with Crippen LogP contribution < -0.4 is 5.32 Å². The number of fused-ring (bicyclic) bond motifs is 1. The monoisotopic (exact) mass is 232 g/mol. The number of nitrogens with zero attached hydrogens (tertiary/aromatic N) is 3. The van der Waals surface area contributed by atoms with E-state index >= 15 is 0 Å². The third kappa shape index (κ3) is 2.48. The fraction of sp³-hybridized carbons (Fsp3) is 0.692. The summed E-state index contributed by atoms with van der Waals surface area (Å²) in [5.74, 6) is 0. The molecule has 2 saturated heterocycles. The van der Waals surface area contributed by atoms with E-state index in [1.807, 2.05) is 12.1 Å².